The van der Waals surface area contributed by atoms with E-state index in [1.54, 1.807) is 0 Å². The number of nitrogens with zero attached hydrogens (tertiary/aromatic N) is 3. The van der Waals surface area contributed by atoms with Crippen LogP contribution in [-0.4, -0.2) is 31.2 Å². The van der Waals surface area contributed by atoms with Gasteiger partial charge < -0.3 is 10.2 Å². The van der Waals surface area contributed by atoms with Crippen LogP contribution in [0.5, 0.6) is 0 Å². The zero-order chi connectivity index (χ0) is 13.8. The smallest absolute Gasteiger partial charge is 0.103 e. The van der Waals surface area contributed by atoms with Gasteiger partial charge in [-0.3, -0.25) is 4.98 Å². The lowest BCUT2D eigenvalue weighted by Crippen LogP contribution is -2.33. The minimum Gasteiger partial charge on any atom is -0.370 e. The molecule has 1 unspecified atom stereocenters. The molecule has 102 valence electrons. The largest absolute Gasteiger partial charge is 0.370 e. The fraction of sp³-hybridized carbons (Fsp3) is 0.600. The van der Waals surface area contributed by atoms with Crippen molar-refractivity contribution in [3.05, 3.63) is 23.0 Å². The van der Waals surface area contributed by atoms with Gasteiger partial charge in [0.15, 0.2) is 0 Å². The monoisotopic (exact) mass is 258 g/mol. The molecule has 19 heavy (non-hydrogen) atoms. The first kappa shape index (κ1) is 13.8. The molecule has 0 amide bonds. The topological polar surface area (TPSA) is 52.0 Å². The van der Waals surface area contributed by atoms with Gasteiger partial charge in [-0.2, -0.15) is 5.26 Å². The number of aryl methyl sites for hydroxylation is 2. The number of anilines is 1. The lowest BCUT2D eigenvalue weighted by Gasteiger charge is -2.30. The van der Waals surface area contributed by atoms with Crippen LogP contribution in [-0.2, 0) is 0 Å². The molecule has 1 aliphatic rings. The maximum absolute atomic E-state index is 9.36. The Morgan fingerprint density at radius 1 is 1.37 bits per heavy atom. The van der Waals surface area contributed by atoms with Crippen LogP contribution >= 0.6 is 0 Å². The molecule has 0 bridgehead atoms. The molecule has 0 aromatic carbocycles. The predicted molar refractivity (Wildman–Crippen MR) is 77.3 cm³/mol. The van der Waals surface area contributed by atoms with Crippen LogP contribution in [0.1, 0.15) is 36.2 Å². The molecule has 1 atom stereocenters. The van der Waals surface area contributed by atoms with Crippen molar-refractivity contribution in [2.75, 3.05) is 25.0 Å². The van der Waals surface area contributed by atoms with Crippen molar-refractivity contribution in [1.29, 1.82) is 5.26 Å². The Labute approximate surface area is 115 Å². The number of nitriles is 1. The Morgan fingerprint density at radius 2 is 2.16 bits per heavy atom. The Balaban J connectivity index is 2.32. The van der Waals surface area contributed by atoms with Gasteiger partial charge in [-0.1, -0.05) is 0 Å². The summed E-state index contributed by atoms with van der Waals surface area (Å²) in [5, 5.41) is 12.8. The minimum atomic E-state index is 0.503. The Morgan fingerprint density at radius 3 is 2.89 bits per heavy atom. The van der Waals surface area contributed by atoms with Crippen LogP contribution in [0, 0.1) is 25.2 Å². The second-order valence-corrected chi connectivity index (χ2v) is 5.30. The number of nitrogens with one attached hydrogen (secondary N) is 1. The van der Waals surface area contributed by atoms with E-state index in [2.05, 4.69) is 28.3 Å². The summed E-state index contributed by atoms with van der Waals surface area (Å²) in [4.78, 5) is 6.66. The van der Waals surface area contributed by atoms with Crippen molar-refractivity contribution in [3.63, 3.8) is 0 Å². The van der Waals surface area contributed by atoms with Crippen LogP contribution in [0.2, 0.25) is 0 Å². The summed E-state index contributed by atoms with van der Waals surface area (Å²) in [7, 11) is 2.10. The van der Waals surface area contributed by atoms with Crippen molar-refractivity contribution in [2.45, 2.75) is 39.2 Å². The van der Waals surface area contributed by atoms with Gasteiger partial charge in [-0.15, -0.1) is 0 Å². The Hall–Kier alpha value is -1.60. The Bertz CT molecular complexity index is 482. The molecule has 0 spiro atoms. The molecule has 1 N–H and O–H groups in total. The summed E-state index contributed by atoms with van der Waals surface area (Å²) < 4.78 is 0. The highest BCUT2D eigenvalue weighted by Crippen LogP contribution is 2.26. The molecular weight excluding hydrogens is 236 g/mol. The highest BCUT2D eigenvalue weighted by Gasteiger charge is 2.20. The minimum absolute atomic E-state index is 0.503. The maximum atomic E-state index is 9.36. The first-order valence-corrected chi connectivity index (χ1v) is 6.95. The highest BCUT2D eigenvalue weighted by atomic mass is 15.1. The van der Waals surface area contributed by atoms with E-state index in [1.165, 1.54) is 12.8 Å². The van der Waals surface area contributed by atoms with Crippen molar-refractivity contribution in [1.82, 2.24) is 10.3 Å². The van der Waals surface area contributed by atoms with Gasteiger partial charge in [-0.05, 0) is 52.3 Å². The molecule has 1 saturated heterocycles. The van der Waals surface area contributed by atoms with E-state index in [9.17, 15) is 5.26 Å². The zero-order valence-electron chi connectivity index (χ0n) is 12.0. The van der Waals surface area contributed by atoms with Gasteiger partial charge >= 0.3 is 0 Å². The van der Waals surface area contributed by atoms with Crippen LogP contribution < -0.4 is 10.2 Å². The summed E-state index contributed by atoms with van der Waals surface area (Å²) in [6.07, 6.45) is 3.50. The van der Waals surface area contributed by atoms with Crippen molar-refractivity contribution < 1.29 is 0 Å². The fourth-order valence-electron chi connectivity index (χ4n) is 2.81. The highest BCUT2D eigenvalue weighted by molar-refractivity contribution is 5.61. The molecule has 1 fully saturated rings. The van der Waals surface area contributed by atoms with E-state index in [0.29, 0.717) is 11.6 Å². The number of hydrogen-bond donors (Lipinski definition) is 1. The maximum Gasteiger partial charge on any atom is 0.103 e. The van der Waals surface area contributed by atoms with E-state index < -0.39 is 0 Å². The van der Waals surface area contributed by atoms with Gasteiger partial charge in [0.05, 0.1) is 16.9 Å². The number of aromatic nitrogens is 1. The molecule has 0 aliphatic carbocycles. The third kappa shape index (κ3) is 3.05. The van der Waals surface area contributed by atoms with Crippen LogP contribution in [0.3, 0.4) is 0 Å². The molecule has 2 heterocycles. The average molecular weight is 258 g/mol. The molecule has 0 radical (unpaired) electrons. The number of pyridine rings is 1. The lowest BCUT2D eigenvalue weighted by molar-refractivity contribution is 0.566. The van der Waals surface area contributed by atoms with E-state index in [1.807, 2.05) is 19.9 Å². The second kappa shape index (κ2) is 6.03. The van der Waals surface area contributed by atoms with E-state index in [0.717, 1.165) is 36.6 Å². The van der Waals surface area contributed by atoms with Gasteiger partial charge in [0.1, 0.15) is 6.07 Å². The van der Waals surface area contributed by atoms with Crippen molar-refractivity contribution in [2.24, 2.45) is 0 Å². The van der Waals surface area contributed by atoms with E-state index in [4.69, 9.17) is 0 Å². The van der Waals surface area contributed by atoms with Gasteiger partial charge in [0, 0.05) is 18.8 Å². The molecule has 1 aromatic rings. The molecule has 4 nitrogen and oxygen atoms in total. The zero-order valence-corrected chi connectivity index (χ0v) is 12.0. The van der Waals surface area contributed by atoms with E-state index in [-0.39, 0.29) is 0 Å². The SMILES string of the molecule is Cc1cc(N(C)C2CCCNCC2)c(C#N)c(C)n1. The average Bonchev–Trinajstić information content (AvgIpc) is 2.66. The summed E-state index contributed by atoms with van der Waals surface area (Å²) in [6.45, 7) is 6.06. The van der Waals surface area contributed by atoms with Crippen LogP contribution in [0.4, 0.5) is 5.69 Å². The fourth-order valence-corrected chi connectivity index (χ4v) is 2.81. The summed E-state index contributed by atoms with van der Waals surface area (Å²) in [5.41, 5.74) is 3.55. The predicted octanol–water partition coefficient (Wildman–Crippen LogP) is 2.15. The summed E-state index contributed by atoms with van der Waals surface area (Å²) >= 11 is 0. The van der Waals surface area contributed by atoms with Crippen LogP contribution in [0.15, 0.2) is 6.07 Å². The summed E-state index contributed by atoms with van der Waals surface area (Å²) in [5.74, 6) is 0. The van der Waals surface area contributed by atoms with E-state index >= 15 is 0 Å². The van der Waals surface area contributed by atoms with Gasteiger partial charge in [-0.25, -0.2) is 0 Å². The summed E-state index contributed by atoms with van der Waals surface area (Å²) in [6, 6.07) is 4.84. The quantitative estimate of drug-likeness (QED) is 0.883. The first-order chi connectivity index (χ1) is 9.13. The van der Waals surface area contributed by atoms with Gasteiger partial charge in [0.2, 0.25) is 0 Å². The third-order valence-corrected chi connectivity index (χ3v) is 3.89. The molecule has 4 heteroatoms. The van der Waals surface area contributed by atoms with Crippen molar-refractivity contribution >= 4 is 5.69 Å². The van der Waals surface area contributed by atoms with Crippen LogP contribution in [0.25, 0.3) is 0 Å². The molecule has 0 saturated carbocycles. The first-order valence-electron chi connectivity index (χ1n) is 6.95. The normalized spacial score (nSPS) is 19.6. The molecule has 1 aromatic heterocycles. The Kier molecular flexibility index (Phi) is 4.39. The molecular formula is C15H22N4. The van der Waals surface area contributed by atoms with Gasteiger partial charge in [0.25, 0.3) is 0 Å². The lowest BCUT2D eigenvalue weighted by atomic mass is 10.0. The third-order valence-electron chi connectivity index (χ3n) is 3.89. The molecule has 2 rings (SSSR count). The second-order valence-electron chi connectivity index (χ2n) is 5.30. The van der Waals surface area contributed by atoms with Crippen molar-refractivity contribution in [3.8, 4) is 6.07 Å². The molecule has 1 aliphatic heterocycles. The number of rotatable bonds is 2. The standard InChI is InChI=1S/C15H22N4/c1-11-9-15(14(10-16)12(2)18-11)19(3)13-5-4-7-17-8-6-13/h9,13,17H,4-8H2,1-3H3. The number of hydrogen-bond acceptors (Lipinski definition) is 4.